The number of nitrogens with zero attached hydrogens (tertiary/aromatic N) is 4. The van der Waals surface area contributed by atoms with E-state index in [1.54, 1.807) is 12.1 Å². The highest BCUT2D eigenvalue weighted by atomic mass is 32.1. The van der Waals surface area contributed by atoms with Gasteiger partial charge >= 0.3 is 0 Å². The number of nitrogens with one attached hydrogen (secondary N) is 1. The summed E-state index contributed by atoms with van der Waals surface area (Å²) in [5.41, 5.74) is 2.58. The van der Waals surface area contributed by atoms with Crippen LogP contribution in [0.3, 0.4) is 0 Å². The van der Waals surface area contributed by atoms with Crippen molar-refractivity contribution in [3.05, 3.63) is 45.6 Å². The fourth-order valence-electron chi connectivity index (χ4n) is 2.31. The molecule has 1 aromatic carbocycles. The minimum Gasteiger partial charge on any atom is -0.858 e. The van der Waals surface area contributed by atoms with Crippen molar-refractivity contribution in [1.29, 1.82) is 0 Å². The molecule has 0 aliphatic rings. The van der Waals surface area contributed by atoms with Gasteiger partial charge in [0.15, 0.2) is 0 Å². The predicted molar refractivity (Wildman–Crippen MR) is 88.9 cm³/mol. The molecular weight excluding hydrogens is 310 g/mol. The first-order chi connectivity index (χ1) is 11.2. The van der Waals surface area contributed by atoms with Crippen molar-refractivity contribution in [2.45, 2.75) is 26.7 Å². The minimum atomic E-state index is -0.217. The molecule has 0 fully saturated rings. The number of hydrogen-bond acceptors (Lipinski definition) is 6. The zero-order chi connectivity index (χ0) is 16.2. The van der Waals surface area contributed by atoms with E-state index in [0.29, 0.717) is 16.4 Å². The lowest BCUT2D eigenvalue weighted by Gasteiger charge is -2.08. The summed E-state index contributed by atoms with van der Waals surface area (Å²) < 4.78 is 0. The summed E-state index contributed by atoms with van der Waals surface area (Å²) >= 11 is 1.50. The molecular formula is C16H16N5OS-. The molecule has 0 saturated heterocycles. The Kier molecular flexibility index (Phi) is 4.47. The third-order valence-electron chi connectivity index (χ3n) is 3.43. The van der Waals surface area contributed by atoms with Crippen molar-refractivity contribution in [1.82, 2.24) is 20.6 Å². The van der Waals surface area contributed by atoms with Crippen LogP contribution in [0.5, 0.6) is 0 Å². The fraction of sp³-hybridized carbons (Fsp3) is 0.250. The average Bonchev–Trinajstić information content (AvgIpc) is 3.19. The molecule has 7 heteroatoms. The Morgan fingerprint density at radius 2 is 2.22 bits per heavy atom. The highest BCUT2D eigenvalue weighted by Gasteiger charge is 2.06. The van der Waals surface area contributed by atoms with Gasteiger partial charge in [0.2, 0.25) is 5.82 Å². The van der Waals surface area contributed by atoms with Gasteiger partial charge in [0, 0.05) is 21.2 Å². The highest BCUT2D eigenvalue weighted by molar-refractivity contribution is 7.14. The Labute approximate surface area is 137 Å². The fourth-order valence-corrected chi connectivity index (χ4v) is 3.27. The van der Waals surface area contributed by atoms with Crippen molar-refractivity contribution in [3.63, 3.8) is 0 Å². The molecule has 0 unspecified atom stereocenters. The van der Waals surface area contributed by atoms with E-state index in [-0.39, 0.29) is 5.90 Å². The van der Waals surface area contributed by atoms with Gasteiger partial charge in [0.05, 0.1) is 5.69 Å². The Morgan fingerprint density at radius 1 is 1.35 bits per heavy atom. The minimum absolute atomic E-state index is 0.217. The lowest BCUT2D eigenvalue weighted by molar-refractivity contribution is -0.212. The molecule has 0 atom stereocenters. The molecule has 3 rings (SSSR count). The largest absolute Gasteiger partial charge is 0.858 e. The molecule has 0 aliphatic carbocycles. The lowest BCUT2D eigenvalue weighted by atomic mass is 10.1. The zero-order valence-corrected chi connectivity index (χ0v) is 13.7. The summed E-state index contributed by atoms with van der Waals surface area (Å²) in [4.78, 5) is 6.06. The SMILES string of the molecule is CCCc1cc(C([O-])=Nc2cccc(-c3nn[nH]n3)c2)sc1C. The van der Waals surface area contributed by atoms with Crippen LogP contribution in [0.25, 0.3) is 11.4 Å². The van der Waals surface area contributed by atoms with Crippen molar-refractivity contribution in [3.8, 4) is 11.4 Å². The second-order valence-electron chi connectivity index (χ2n) is 5.14. The van der Waals surface area contributed by atoms with E-state index in [2.05, 4.69) is 32.5 Å². The molecule has 118 valence electrons. The van der Waals surface area contributed by atoms with Gasteiger partial charge in [-0.05, 0) is 42.3 Å². The molecule has 2 aromatic heterocycles. The number of rotatable bonds is 5. The monoisotopic (exact) mass is 326 g/mol. The van der Waals surface area contributed by atoms with Crippen molar-refractivity contribution >= 4 is 22.9 Å². The number of benzene rings is 1. The normalized spacial score (nSPS) is 11.8. The van der Waals surface area contributed by atoms with Gasteiger partial charge in [-0.3, -0.25) is 4.99 Å². The van der Waals surface area contributed by atoms with Gasteiger partial charge in [0.25, 0.3) is 0 Å². The average molecular weight is 326 g/mol. The summed E-state index contributed by atoms with van der Waals surface area (Å²) in [5, 5.41) is 26.2. The molecule has 0 bridgehead atoms. The second-order valence-corrected chi connectivity index (χ2v) is 6.40. The third-order valence-corrected chi connectivity index (χ3v) is 4.51. The summed E-state index contributed by atoms with van der Waals surface area (Å²) in [6.07, 6.45) is 2.05. The van der Waals surface area contributed by atoms with Crippen LogP contribution in [0.4, 0.5) is 5.69 Å². The van der Waals surface area contributed by atoms with Gasteiger partial charge in [-0.25, -0.2) is 0 Å². The van der Waals surface area contributed by atoms with E-state index in [1.165, 1.54) is 21.8 Å². The maximum absolute atomic E-state index is 12.4. The van der Waals surface area contributed by atoms with Crippen molar-refractivity contribution in [2.24, 2.45) is 4.99 Å². The smallest absolute Gasteiger partial charge is 0.204 e. The maximum Gasteiger partial charge on any atom is 0.204 e. The number of tetrazole rings is 1. The zero-order valence-electron chi connectivity index (χ0n) is 12.9. The van der Waals surface area contributed by atoms with Crippen molar-refractivity contribution in [2.75, 3.05) is 0 Å². The van der Waals surface area contributed by atoms with E-state index in [9.17, 15) is 5.11 Å². The third kappa shape index (κ3) is 3.45. The first kappa shape index (κ1) is 15.4. The summed E-state index contributed by atoms with van der Waals surface area (Å²) in [6, 6.07) is 9.19. The first-order valence-corrected chi connectivity index (χ1v) is 8.18. The summed E-state index contributed by atoms with van der Waals surface area (Å²) in [6.45, 7) is 4.18. The molecule has 0 radical (unpaired) electrons. The molecule has 0 aliphatic heterocycles. The number of thiophene rings is 1. The van der Waals surface area contributed by atoms with Crippen LogP contribution >= 0.6 is 11.3 Å². The molecule has 0 saturated carbocycles. The van der Waals surface area contributed by atoms with E-state index >= 15 is 0 Å². The Balaban J connectivity index is 1.89. The second kappa shape index (κ2) is 6.70. The highest BCUT2D eigenvalue weighted by Crippen LogP contribution is 2.25. The van der Waals surface area contributed by atoms with Gasteiger partial charge in [-0.1, -0.05) is 25.5 Å². The number of aromatic nitrogens is 4. The predicted octanol–water partition coefficient (Wildman–Crippen LogP) is 2.63. The van der Waals surface area contributed by atoms with E-state index in [0.717, 1.165) is 18.4 Å². The van der Waals surface area contributed by atoms with Crippen LogP contribution in [0.15, 0.2) is 35.3 Å². The van der Waals surface area contributed by atoms with Crippen LogP contribution in [-0.4, -0.2) is 26.5 Å². The number of aryl methyl sites for hydroxylation is 2. The first-order valence-electron chi connectivity index (χ1n) is 7.36. The quantitative estimate of drug-likeness (QED) is 0.576. The molecule has 3 aromatic rings. The molecule has 6 nitrogen and oxygen atoms in total. The molecule has 1 N–H and O–H groups in total. The van der Waals surface area contributed by atoms with Crippen molar-refractivity contribution < 1.29 is 5.11 Å². The van der Waals surface area contributed by atoms with Gasteiger partial charge in [0.1, 0.15) is 0 Å². The number of aliphatic imine (C=N–C) groups is 1. The van der Waals surface area contributed by atoms with E-state index < -0.39 is 0 Å². The maximum atomic E-state index is 12.4. The number of hydrogen-bond donors (Lipinski definition) is 1. The van der Waals surface area contributed by atoms with Gasteiger partial charge < -0.3 is 5.11 Å². The van der Waals surface area contributed by atoms with Gasteiger partial charge in [-0.15, -0.1) is 21.5 Å². The molecule has 23 heavy (non-hydrogen) atoms. The van der Waals surface area contributed by atoms with Crippen LogP contribution in [0.1, 0.15) is 28.7 Å². The molecule has 0 amide bonds. The van der Waals surface area contributed by atoms with Crippen LogP contribution in [0, 0.1) is 6.92 Å². The number of aromatic amines is 1. The van der Waals surface area contributed by atoms with Crippen LogP contribution in [-0.2, 0) is 6.42 Å². The number of H-pyrrole nitrogens is 1. The van der Waals surface area contributed by atoms with Crippen LogP contribution < -0.4 is 5.11 Å². The Hall–Kier alpha value is -2.54. The Morgan fingerprint density at radius 3 is 2.96 bits per heavy atom. The summed E-state index contributed by atoms with van der Waals surface area (Å²) in [5.74, 6) is 0.261. The topological polar surface area (TPSA) is 89.9 Å². The molecule has 0 spiro atoms. The molecule has 2 heterocycles. The standard InChI is InChI=1S/C16H17N5OS/c1-3-5-11-9-14(23-10(11)2)16(22)17-13-7-4-6-12(8-13)15-18-20-21-19-15/h4,6-9H,3,5H2,1-2H3,(H,17,22)(H,18,19,20,21)/p-1. The lowest BCUT2D eigenvalue weighted by Crippen LogP contribution is -2.16. The van der Waals surface area contributed by atoms with Gasteiger partial charge in [-0.2, -0.15) is 5.21 Å². The van der Waals surface area contributed by atoms with Crippen LogP contribution in [0.2, 0.25) is 0 Å². The van der Waals surface area contributed by atoms with E-state index in [4.69, 9.17) is 0 Å². The summed E-state index contributed by atoms with van der Waals surface area (Å²) in [7, 11) is 0. The van der Waals surface area contributed by atoms with E-state index in [1.807, 2.05) is 25.1 Å². The Bertz CT molecular complexity index is 823.